The van der Waals surface area contributed by atoms with Gasteiger partial charge >= 0.3 is 5.97 Å². The molecule has 0 aliphatic heterocycles. The quantitative estimate of drug-likeness (QED) is 0.730. The Balaban J connectivity index is 2.85. The van der Waals surface area contributed by atoms with E-state index in [1.807, 2.05) is 6.07 Å². The van der Waals surface area contributed by atoms with Crippen molar-refractivity contribution in [2.24, 2.45) is 0 Å². The summed E-state index contributed by atoms with van der Waals surface area (Å²) in [6.07, 6.45) is 0.0718. The average Bonchev–Trinajstić information content (AvgIpc) is 2.50. The van der Waals surface area contributed by atoms with E-state index in [-0.39, 0.29) is 24.2 Å². The van der Waals surface area contributed by atoms with Crippen molar-refractivity contribution in [3.8, 4) is 6.07 Å². The predicted molar refractivity (Wildman–Crippen MR) is 87.7 cm³/mol. The Kier molecular flexibility index (Phi) is 6.73. The van der Waals surface area contributed by atoms with Crippen LogP contribution < -0.4 is 4.72 Å². The van der Waals surface area contributed by atoms with Crippen molar-refractivity contribution >= 4 is 27.6 Å². The summed E-state index contributed by atoms with van der Waals surface area (Å²) in [5, 5.41) is 8.52. The highest BCUT2D eigenvalue weighted by molar-refractivity contribution is 7.92. The number of nitrogens with one attached hydrogen (secondary N) is 1. The fraction of sp³-hybridized carbons (Fsp3) is 0.400. The molecule has 0 bridgehead atoms. The molecule has 1 aromatic rings. The van der Waals surface area contributed by atoms with E-state index in [9.17, 15) is 18.0 Å². The molecule has 0 heterocycles. The Labute approximate surface area is 141 Å². The lowest BCUT2D eigenvalue weighted by Gasteiger charge is -2.21. The number of hydrogen-bond donors (Lipinski definition) is 1. The van der Waals surface area contributed by atoms with E-state index in [0.717, 1.165) is 6.26 Å². The highest BCUT2D eigenvalue weighted by Gasteiger charge is 2.23. The minimum absolute atomic E-state index is 0.00209. The van der Waals surface area contributed by atoms with Crippen LogP contribution in [0.4, 0.5) is 5.69 Å². The Morgan fingerprint density at radius 2 is 2.00 bits per heavy atom. The van der Waals surface area contributed by atoms with E-state index in [1.54, 1.807) is 12.1 Å². The lowest BCUT2D eigenvalue weighted by atomic mass is 10.2. The first-order chi connectivity index (χ1) is 11.2. The molecule has 1 rings (SSSR count). The molecule has 1 amide bonds. The Morgan fingerprint density at radius 1 is 1.38 bits per heavy atom. The number of nitriles is 1. The molecule has 130 valence electrons. The van der Waals surface area contributed by atoms with Gasteiger partial charge in [0.05, 0.1) is 30.0 Å². The van der Waals surface area contributed by atoms with Crippen LogP contribution in [0.15, 0.2) is 24.3 Å². The lowest BCUT2D eigenvalue weighted by Crippen LogP contribution is -2.38. The van der Waals surface area contributed by atoms with Crippen molar-refractivity contribution in [3.05, 3.63) is 29.8 Å². The SMILES string of the molecule is C[C@H](OC(=O)c1ccccc1NS(C)(=O)=O)C(=O)N(C)CCC#N. The van der Waals surface area contributed by atoms with Crippen LogP contribution in [0.5, 0.6) is 0 Å². The number of ether oxygens (including phenoxy) is 1. The normalized spacial score (nSPS) is 11.9. The molecule has 24 heavy (non-hydrogen) atoms. The summed E-state index contributed by atoms with van der Waals surface area (Å²) in [6.45, 7) is 1.64. The van der Waals surface area contributed by atoms with Crippen LogP contribution in [-0.4, -0.2) is 51.1 Å². The van der Waals surface area contributed by atoms with Crippen LogP contribution in [0.25, 0.3) is 0 Å². The van der Waals surface area contributed by atoms with Gasteiger partial charge in [-0.3, -0.25) is 9.52 Å². The summed E-state index contributed by atoms with van der Waals surface area (Å²) in [7, 11) is -2.06. The number of nitrogens with zero attached hydrogens (tertiary/aromatic N) is 2. The maximum absolute atomic E-state index is 12.2. The third-order valence-corrected chi connectivity index (χ3v) is 3.60. The molecule has 9 heteroatoms. The van der Waals surface area contributed by atoms with Crippen molar-refractivity contribution in [1.82, 2.24) is 4.90 Å². The number of carbonyl (C=O) groups is 2. The number of likely N-dealkylation sites (N-methyl/N-ethyl adjacent to an activating group) is 1. The van der Waals surface area contributed by atoms with E-state index in [0.29, 0.717) is 0 Å². The van der Waals surface area contributed by atoms with Crippen LogP contribution in [0.1, 0.15) is 23.7 Å². The summed E-state index contributed by atoms with van der Waals surface area (Å²) >= 11 is 0. The highest BCUT2D eigenvalue weighted by Crippen LogP contribution is 2.18. The van der Waals surface area contributed by atoms with E-state index >= 15 is 0 Å². The van der Waals surface area contributed by atoms with Crippen molar-refractivity contribution < 1.29 is 22.7 Å². The smallest absolute Gasteiger partial charge is 0.341 e. The molecule has 8 nitrogen and oxygen atoms in total. The second-order valence-electron chi connectivity index (χ2n) is 5.14. The van der Waals surface area contributed by atoms with Crippen LogP contribution >= 0.6 is 0 Å². The monoisotopic (exact) mass is 353 g/mol. The molecule has 0 saturated heterocycles. The van der Waals surface area contributed by atoms with Gasteiger partial charge in [-0.05, 0) is 19.1 Å². The molecule has 0 aliphatic rings. The van der Waals surface area contributed by atoms with Gasteiger partial charge in [-0.15, -0.1) is 0 Å². The largest absolute Gasteiger partial charge is 0.449 e. The number of anilines is 1. The van der Waals surface area contributed by atoms with Crippen molar-refractivity contribution in [3.63, 3.8) is 0 Å². The third-order valence-electron chi connectivity index (χ3n) is 3.01. The van der Waals surface area contributed by atoms with Gasteiger partial charge in [0.1, 0.15) is 0 Å². The number of hydrogen-bond acceptors (Lipinski definition) is 6. The minimum Gasteiger partial charge on any atom is -0.449 e. The van der Waals surface area contributed by atoms with Gasteiger partial charge in [-0.25, -0.2) is 13.2 Å². The van der Waals surface area contributed by atoms with Crippen LogP contribution in [0.3, 0.4) is 0 Å². The van der Waals surface area contributed by atoms with Gasteiger partial charge in [-0.2, -0.15) is 5.26 Å². The molecule has 1 aromatic carbocycles. The van der Waals surface area contributed by atoms with Crippen molar-refractivity contribution in [2.45, 2.75) is 19.4 Å². The molecular formula is C15H19N3O5S. The Morgan fingerprint density at radius 3 is 2.58 bits per heavy atom. The maximum atomic E-state index is 12.2. The topological polar surface area (TPSA) is 117 Å². The number of carbonyl (C=O) groups excluding carboxylic acids is 2. The maximum Gasteiger partial charge on any atom is 0.341 e. The second kappa shape index (κ2) is 8.31. The van der Waals surface area contributed by atoms with Gasteiger partial charge in [0, 0.05) is 13.6 Å². The van der Waals surface area contributed by atoms with E-state index in [2.05, 4.69) is 4.72 Å². The number of sulfonamides is 1. The van der Waals surface area contributed by atoms with Crippen molar-refractivity contribution in [1.29, 1.82) is 5.26 Å². The zero-order valence-corrected chi connectivity index (χ0v) is 14.5. The summed E-state index contributed by atoms with van der Waals surface area (Å²) in [4.78, 5) is 25.6. The highest BCUT2D eigenvalue weighted by atomic mass is 32.2. The molecule has 1 N–H and O–H groups in total. The Hall–Kier alpha value is -2.60. The summed E-state index contributed by atoms with van der Waals surface area (Å²) in [6, 6.07) is 7.85. The van der Waals surface area contributed by atoms with E-state index in [4.69, 9.17) is 10.00 Å². The summed E-state index contributed by atoms with van der Waals surface area (Å²) < 4.78 is 30.0. The first-order valence-electron chi connectivity index (χ1n) is 7.05. The summed E-state index contributed by atoms with van der Waals surface area (Å²) in [5.41, 5.74) is 0.0738. The molecule has 0 radical (unpaired) electrons. The number of amides is 1. The molecule has 0 aliphatic carbocycles. The van der Waals surface area contributed by atoms with E-state index < -0.39 is 28.0 Å². The summed E-state index contributed by atoms with van der Waals surface area (Å²) in [5.74, 6) is -1.27. The molecule has 0 saturated carbocycles. The van der Waals surface area contributed by atoms with Crippen LogP contribution in [-0.2, 0) is 19.6 Å². The second-order valence-corrected chi connectivity index (χ2v) is 6.88. The molecule has 0 fully saturated rings. The van der Waals surface area contributed by atoms with E-state index in [1.165, 1.54) is 31.0 Å². The fourth-order valence-electron chi connectivity index (χ4n) is 1.86. The molecular weight excluding hydrogens is 334 g/mol. The fourth-order valence-corrected chi connectivity index (χ4v) is 2.44. The number of para-hydroxylation sites is 1. The zero-order chi connectivity index (χ0) is 18.3. The number of esters is 1. The first-order valence-corrected chi connectivity index (χ1v) is 8.94. The number of benzene rings is 1. The van der Waals surface area contributed by atoms with Gasteiger partial charge in [0.25, 0.3) is 5.91 Å². The van der Waals surface area contributed by atoms with Crippen LogP contribution in [0.2, 0.25) is 0 Å². The van der Waals surface area contributed by atoms with Gasteiger partial charge in [-0.1, -0.05) is 12.1 Å². The number of rotatable bonds is 7. The average molecular weight is 353 g/mol. The minimum atomic E-state index is -3.57. The van der Waals surface area contributed by atoms with Crippen LogP contribution in [0, 0.1) is 11.3 Å². The van der Waals surface area contributed by atoms with Gasteiger partial charge < -0.3 is 9.64 Å². The standard InChI is InChI=1S/C15H19N3O5S/c1-11(14(19)18(2)10-6-9-16)23-15(20)12-7-4-5-8-13(12)17-24(3,21)22/h4-5,7-8,11,17H,6,10H2,1-3H3/t11-/m0/s1. The first kappa shape index (κ1) is 19.4. The predicted octanol–water partition coefficient (Wildman–Crippen LogP) is 0.975. The molecule has 0 spiro atoms. The molecule has 1 atom stereocenters. The lowest BCUT2D eigenvalue weighted by molar-refractivity contribution is -0.138. The third kappa shape index (κ3) is 5.89. The van der Waals surface area contributed by atoms with Crippen molar-refractivity contribution in [2.75, 3.05) is 24.6 Å². The Bertz CT molecular complexity index is 755. The molecule has 0 unspecified atom stereocenters. The van der Waals surface area contributed by atoms with Gasteiger partial charge in [0.2, 0.25) is 10.0 Å². The zero-order valence-electron chi connectivity index (χ0n) is 13.6. The van der Waals surface area contributed by atoms with Gasteiger partial charge in [0.15, 0.2) is 6.10 Å². The molecule has 0 aromatic heterocycles.